The van der Waals surface area contributed by atoms with E-state index in [9.17, 15) is 14.7 Å². The fourth-order valence-electron chi connectivity index (χ4n) is 5.50. The standard InChI is InChI=1S/C29H28N2O6/c1-16(2)20-11-21-26(32)25-23(13-22(35-28(25)34)19-5-4-10-31-15-19)37-29(21,3)24(12-20)36-27(33)18-8-6-17(14-30)7-9-18/h4-10,13,15-16,20-21,24,26,32H,11-12H2,1-3H3/t20-,21-,24-,26+,29-/m0/s1. The Morgan fingerprint density at radius 1 is 1.24 bits per heavy atom. The zero-order valence-corrected chi connectivity index (χ0v) is 20.9. The van der Waals surface area contributed by atoms with Crippen molar-refractivity contribution in [2.45, 2.75) is 51.4 Å². The Bertz CT molecular complexity index is 1410. The van der Waals surface area contributed by atoms with Crippen molar-refractivity contribution in [2.24, 2.45) is 17.8 Å². The summed E-state index contributed by atoms with van der Waals surface area (Å²) < 4.78 is 18.1. The fourth-order valence-corrected chi connectivity index (χ4v) is 5.50. The molecule has 1 aromatic carbocycles. The van der Waals surface area contributed by atoms with Gasteiger partial charge in [0.25, 0.3) is 0 Å². The molecule has 0 spiro atoms. The van der Waals surface area contributed by atoms with Crippen LogP contribution in [0.3, 0.4) is 0 Å². The van der Waals surface area contributed by atoms with Gasteiger partial charge in [-0.15, -0.1) is 0 Å². The lowest BCUT2D eigenvalue weighted by atomic mass is 9.63. The summed E-state index contributed by atoms with van der Waals surface area (Å²) >= 11 is 0. The van der Waals surface area contributed by atoms with Crippen molar-refractivity contribution in [2.75, 3.05) is 0 Å². The molecule has 5 atom stereocenters. The molecule has 0 unspecified atom stereocenters. The first kappa shape index (κ1) is 24.7. The molecular weight excluding hydrogens is 472 g/mol. The number of nitriles is 1. The van der Waals surface area contributed by atoms with E-state index in [0.717, 1.165) is 0 Å². The molecule has 0 radical (unpaired) electrons. The number of carbonyl (C=O) groups is 1. The second kappa shape index (κ2) is 9.49. The number of hydrogen-bond acceptors (Lipinski definition) is 8. The van der Waals surface area contributed by atoms with Crippen molar-refractivity contribution in [1.29, 1.82) is 5.26 Å². The summed E-state index contributed by atoms with van der Waals surface area (Å²) in [6.07, 6.45) is 2.51. The van der Waals surface area contributed by atoms with Gasteiger partial charge in [-0.1, -0.05) is 13.8 Å². The van der Waals surface area contributed by atoms with Crippen LogP contribution in [0.2, 0.25) is 0 Å². The van der Waals surface area contributed by atoms with Crippen LogP contribution in [-0.2, 0) is 4.74 Å². The maximum atomic E-state index is 13.1. The smallest absolute Gasteiger partial charge is 0.345 e. The van der Waals surface area contributed by atoms with Gasteiger partial charge in [0.15, 0.2) is 0 Å². The predicted molar refractivity (Wildman–Crippen MR) is 134 cm³/mol. The highest BCUT2D eigenvalue weighted by Gasteiger charge is 2.58. The Kier molecular flexibility index (Phi) is 6.34. The van der Waals surface area contributed by atoms with Gasteiger partial charge in [-0.3, -0.25) is 4.98 Å². The van der Waals surface area contributed by atoms with E-state index >= 15 is 0 Å². The van der Waals surface area contributed by atoms with Crippen LogP contribution in [0, 0.1) is 29.1 Å². The molecule has 0 bridgehead atoms. The first-order chi connectivity index (χ1) is 17.7. The molecule has 0 saturated heterocycles. The normalized spacial score (nSPS) is 26.4. The highest BCUT2D eigenvalue weighted by atomic mass is 16.6. The minimum Gasteiger partial charge on any atom is -0.482 e. The number of ether oxygens (including phenoxy) is 2. The maximum Gasteiger partial charge on any atom is 0.345 e. The minimum atomic E-state index is -1.15. The van der Waals surface area contributed by atoms with Crippen molar-refractivity contribution in [3.63, 3.8) is 0 Å². The number of pyridine rings is 1. The lowest BCUT2D eigenvalue weighted by molar-refractivity contribution is -0.170. The molecule has 1 aliphatic heterocycles. The van der Waals surface area contributed by atoms with Gasteiger partial charge in [-0.25, -0.2) is 9.59 Å². The second-order valence-electron chi connectivity index (χ2n) is 10.3. The highest BCUT2D eigenvalue weighted by Crippen LogP contribution is 2.53. The van der Waals surface area contributed by atoms with Gasteiger partial charge in [0.05, 0.1) is 23.3 Å². The van der Waals surface area contributed by atoms with Crippen molar-refractivity contribution in [1.82, 2.24) is 4.98 Å². The summed E-state index contributed by atoms with van der Waals surface area (Å²) in [5.41, 5.74) is -0.303. The molecule has 190 valence electrons. The third-order valence-electron chi connectivity index (χ3n) is 7.79. The van der Waals surface area contributed by atoms with Crippen LogP contribution >= 0.6 is 0 Å². The Hall–Kier alpha value is -3.96. The highest BCUT2D eigenvalue weighted by molar-refractivity contribution is 5.89. The van der Waals surface area contributed by atoms with Crippen molar-refractivity contribution in [3.8, 4) is 23.1 Å². The first-order valence-corrected chi connectivity index (χ1v) is 12.4. The number of hydrogen-bond donors (Lipinski definition) is 1. The van der Waals surface area contributed by atoms with E-state index in [1.165, 1.54) is 0 Å². The molecule has 1 N–H and O–H groups in total. The summed E-state index contributed by atoms with van der Waals surface area (Å²) in [4.78, 5) is 30.2. The van der Waals surface area contributed by atoms with Gasteiger partial charge in [0.2, 0.25) is 0 Å². The number of nitrogens with zero attached hydrogens (tertiary/aromatic N) is 2. The first-order valence-electron chi connectivity index (χ1n) is 12.4. The molecule has 2 aliphatic rings. The molecule has 0 amide bonds. The van der Waals surface area contributed by atoms with Crippen LogP contribution in [-0.4, -0.2) is 27.8 Å². The predicted octanol–water partition coefficient (Wildman–Crippen LogP) is 4.67. The van der Waals surface area contributed by atoms with Crippen LogP contribution in [0.25, 0.3) is 11.3 Å². The number of carbonyl (C=O) groups excluding carboxylic acids is 1. The van der Waals surface area contributed by atoms with Gasteiger partial charge in [0, 0.05) is 29.9 Å². The maximum absolute atomic E-state index is 13.1. The second-order valence-corrected chi connectivity index (χ2v) is 10.3. The van der Waals surface area contributed by atoms with Crippen molar-refractivity contribution < 1.29 is 23.8 Å². The third kappa shape index (κ3) is 4.40. The quantitative estimate of drug-likeness (QED) is 0.513. The Balaban J connectivity index is 1.53. The summed E-state index contributed by atoms with van der Waals surface area (Å²) in [6, 6.07) is 13.4. The van der Waals surface area contributed by atoms with E-state index < -0.39 is 35.3 Å². The molecule has 2 aromatic heterocycles. The zero-order chi connectivity index (χ0) is 26.3. The molecule has 5 rings (SSSR count). The molecular formula is C29H28N2O6. The van der Waals surface area contributed by atoms with Gasteiger partial charge in [-0.2, -0.15) is 5.26 Å². The molecule has 1 saturated carbocycles. The van der Waals surface area contributed by atoms with Crippen LogP contribution in [0.5, 0.6) is 5.75 Å². The van der Waals surface area contributed by atoms with E-state index in [-0.39, 0.29) is 28.9 Å². The third-order valence-corrected chi connectivity index (χ3v) is 7.79. The van der Waals surface area contributed by atoms with Crippen molar-refractivity contribution in [3.05, 3.63) is 82.0 Å². The number of rotatable bonds is 4. The van der Waals surface area contributed by atoms with Crippen LogP contribution in [0.4, 0.5) is 0 Å². The Morgan fingerprint density at radius 3 is 2.65 bits per heavy atom. The van der Waals surface area contributed by atoms with Gasteiger partial charge in [-0.05, 0) is 68.0 Å². The summed E-state index contributed by atoms with van der Waals surface area (Å²) in [5, 5.41) is 20.5. The lowest BCUT2D eigenvalue weighted by Crippen LogP contribution is -2.61. The van der Waals surface area contributed by atoms with E-state index in [0.29, 0.717) is 29.5 Å². The van der Waals surface area contributed by atoms with E-state index in [1.807, 2.05) is 13.0 Å². The number of aromatic nitrogens is 1. The molecule has 8 heteroatoms. The van der Waals surface area contributed by atoms with Crippen LogP contribution < -0.4 is 10.4 Å². The van der Waals surface area contributed by atoms with Gasteiger partial charge >= 0.3 is 11.6 Å². The number of aliphatic hydroxyl groups is 1. The van der Waals surface area contributed by atoms with E-state index in [4.69, 9.17) is 19.2 Å². The molecule has 8 nitrogen and oxygen atoms in total. The van der Waals surface area contributed by atoms with Crippen molar-refractivity contribution >= 4 is 5.97 Å². The number of aliphatic hydroxyl groups excluding tert-OH is 1. The number of fused-ring (bicyclic) bond motifs is 2. The van der Waals surface area contributed by atoms with E-state index in [1.54, 1.807) is 54.9 Å². The number of esters is 1. The monoisotopic (exact) mass is 500 g/mol. The largest absolute Gasteiger partial charge is 0.482 e. The molecule has 3 aromatic rings. The number of benzene rings is 1. The Morgan fingerprint density at radius 2 is 2.00 bits per heavy atom. The fraction of sp³-hybridized carbons (Fsp3) is 0.379. The minimum absolute atomic E-state index is 0.0803. The molecule has 3 heterocycles. The van der Waals surface area contributed by atoms with Gasteiger partial charge in [0.1, 0.15) is 28.8 Å². The summed E-state index contributed by atoms with van der Waals surface area (Å²) in [7, 11) is 0. The molecule has 37 heavy (non-hydrogen) atoms. The average molecular weight is 501 g/mol. The SMILES string of the molecule is CC(C)[C@@H]1C[C@H](OC(=O)c2ccc(C#N)cc2)[C@@]2(C)Oc3cc(-c4cccnc4)oc(=O)c3[C@H](O)[C@@H]2C1. The van der Waals surface area contributed by atoms with Crippen LogP contribution in [0.15, 0.2) is 64.1 Å². The lowest BCUT2D eigenvalue weighted by Gasteiger charge is -2.53. The van der Waals surface area contributed by atoms with E-state index in [2.05, 4.69) is 18.8 Å². The summed E-state index contributed by atoms with van der Waals surface area (Å²) in [5.74, 6) is -0.146. The summed E-state index contributed by atoms with van der Waals surface area (Å²) in [6.45, 7) is 6.01. The van der Waals surface area contributed by atoms with Crippen LogP contribution in [0.1, 0.15) is 61.2 Å². The molecule has 1 aliphatic carbocycles. The average Bonchev–Trinajstić information content (AvgIpc) is 2.89. The topological polar surface area (TPSA) is 123 Å². The zero-order valence-electron chi connectivity index (χ0n) is 20.9. The molecule has 1 fully saturated rings. The van der Waals surface area contributed by atoms with Gasteiger partial charge < -0.3 is 19.0 Å². The Labute approximate surface area is 214 Å².